The average Bonchev–Trinajstić information content (AvgIpc) is 3.16. The summed E-state index contributed by atoms with van der Waals surface area (Å²) < 4.78 is 15.1. The average molecular weight is 414 g/mol. The Balaban J connectivity index is 1.82. The molecule has 2 heterocycles. The lowest BCUT2D eigenvalue weighted by Crippen LogP contribution is -2.40. The second-order valence-electron chi connectivity index (χ2n) is 5.95. The van der Waals surface area contributed by atoms with E-state index in [1.807, 2.05) is 6.92 Å². The third kappa shape index (κ3) is 5.38. The number of amides is 3. The van der Waals surface area contributed by atoms with Gasteiger partial charge in [-0.2, -0.15) is 0 Å². The summed E-state index contributed by atoms with van der Waals surface area (Å²) in [6.07, 6.45) is 4.04. The number of nitrogens with zero attached hydrogens (tertiary/aromatic N) is 4. The first-order valence-electron chi connectivity index (χ1n) is 8.90. The van der Waals surface area contributed by atoms with Crippen LogP contribution >= 0.6 is 11.8 Å². The van der Waals surface area contributed by atoms with Crippen LogP contribution in [0.25, 0.3) is 17.1 Å². The van der Waals surface area contributed by atoms with Crippen molar-refractivity contribution in [3.8, 4) is 17.1 Å². The maximum Gasteiger partial charge on any atom is 0.321 e. The normalized spacial score (nSPS) is 10.6. The van der Waals surface area contributed by atoms with E-state index in [-0.39, 0.29) is 11.6 Å². The summed E-state index contributed by atoms with van der Waals surface area (Å²) in [5.74, 6) is -0.320. The molecule has 2 aromatic heterocycles. The summed E-state index contributed by atoms with van der Waals surface area (Å²) in [7, 11) is 0. The molecule has 3 amide bonds. The number of hydrogen-bond acceptors (Lipinski definition) is 6. The van der Waals surface area contributed by atoms with E-state index in [2.05, 4.69) is 25.8 Å². The van der Waals surface area contributed by atoms with Gasteiger partial charge in [0.05, 0.1) is 5.75 Å². The molecule has 0 atom stereocenters. The zero-order valence-electron chi connectivity index (χ0n) is 15.6. The van der Waals surface area contributed by atoms with E-state index in [4.69, 9.17) is 0 Å². The number of pyridine rings is 1. The van der Waals surface area contributed by atoms with Crippen molar-refractivity contribution in [2.45, 2.75) is 18.5 Å². The van der Waals surface area contributed by atoms with E-state index in [1.54, 1.807) is 41.2 Å². The molecule has 0 aliphatic carbocycles. The maximum absolute atomic E-state index is 13.4. The van der Waals surface area contributed by atoms with Crippen LogP contribution in [0.15, 0.2) is 53.9 Å². The molecule has 0 bridgehead atoms. The first-order chi connectivity index (χ1) is 14.1. The van der Waals surface area contributed by atoms with Gasteiger partial charge < -0.3 is 5.32 Å². The zero-order chi connectivity index (χ0) is 20.6. The molecule has 29 heavy (non-hydrogen) atoms. The van der Waals surface area contributed by atoms with Crippen LogP contribution in [0.1, 0.15) is 13.3 Å². The van der Waals surface area contributed by atoms with E-state index < -0.39 is 11.9 Å². The number of carbonyl (C=O) groups is 2. The minimum Gasteiger partial charge on any atom is -0.338 e. The van der Waals surface area contributed by atoms with Crippen LogP contribution in [0.2, 0.25) is 0 Å². The summed E-state index contributed by atoms with van der Waals surface area (Å²) in [6, 6.07) is 8.91. The molecule has 0 unspecified atom stereocenters. The summed E-state index contributed by atoms with van der Waals surface area (Å²) >= 11 is 1.12. The number of urea groups is 1. The van der Waals surface area contributed by atoms with Crippen LogP contribution in [-0.4, -0.2) is 44.0 Å². The molecule has 0 spiro atoms. The van der Waals surface area contributed by atoms with Crippen molar-refractivity contribution in [1.29, 1.82) is 0 Å². The molecule has 3 rings (SSSR count). The maximum atomic E-state index is 13.4. The molecule has 150 valence electrons. The number of nitrogens with one attached hydrogen (secondary N) is 2. The Morgan fingerprint density at radius 3 is 2.52 bits per heavy atom. The van der Waals surface area contributed by atoms with Crippen molar-refractivity contribution >= 4 is 23.7 Å². The Bertz CT molecular complexity index is 978. The Kier molecular flexibility index (Phi) is 6.90. The molecule has 0 saturated carbocycles. The fraction of sp³-hybridized carbons (Fsp3) is 0.211. The van der Waals surface area contributed by atoms with Gasteiger partial charge in [0.1, 0.15) is 5.82 Å². The first-order valence-corrected chi connectivity index (χ1v) is 9.89. The van der Waals surface area contributed by atoms with Crippen LogP contribution in [0, 0.1) is 5.82 Å². The van der Waals surface area contributed by atoms with Crippen LogP contribution in [0.4, 0.5) is 9.18 Å². The molecular weight excluding hydrogens is 395 g/mol. The lowest BCUT2D eigenvalue weighted by molar-refractivity contribution is -0.117. The smallest absolute Gasteiger partial charge is 0.321 e. The van der Waals surface area contributed by atoms with Gasteiger partial charge in [-0.15, -0.1) is 10.2 Å². The number of rotatable bonds is 7. The Hall–Kier alpha value is -3.27. The molecular formula is C19H19FN6O2S. The summed E-state index contributed by atoms with van der Waals surface area (Å²) in [6.45, 7) is 2.40. The topological polar surface area (TPSA) is 102 Å². The molecule has 0 radical (unpaired) electrons. The van der Waals surface area contributed by atoms with E-state index in [1.165, 1.54) is 12.1 Å². The largest absolute Gasteiger partial charge is 0.338 e. The summed E-state index contributed by atoms with van der Waals surface area (Å²) in [5, 5.41) is 13.7. The number of thioether (sulfide) groups is 1. The predicted molar refractivity (Wildman–Crippen MR) is 107 cm³/mol. The van der Waals surface area contributed by atoms with Crippen LogP contribution in [-0.2, 0) is 4.79 Å². The molecule has 0 saturated heterocycles. The standard InChI is InChI=1S/C19H19FN6O2S/c1-2-9-22-18(28)23-16(27)12-29-19-25-24-17(13-7-10-21-11-8-13)26(19)15-5-3-14(20)4-6-15/h3-8,10-11H,2,9,12H2,1H3,(H2,22,23,27,28). The fourth-order valence-corrected chi connectivity index (χ4v) is 3.20. The predicted octanol–water partition coefficient (Wildman–Crippen LogP) is 2.80. The molecule has 2 N–H and O–H groups in total. The number of hydrogen-bond donors (Lipinski definition) is 2. The van der Waals surface area contributed by atoms with Crippen molar-refractivity contribution in [3.63, 3.8) is 0 Å². The van der Waals surface area contributed by atoms with Crippen molar-refractivity contribution in [2.24, 2.45) is 0 Å². The van der Waals surface area contributed by atoms with E-state index in [0.29, 0.717) is 23.2 Å². The summed E-state index contributed by atoms with van der Waals surface area (Å²) in [4.78, 5) is 27.7. The lowest BCUT2D eigenvalue weighted by Gasteiger charge is -2.10. The van der Waals surface area contributed by atoms with Crippen LogP contribution in [0.5, 0.6) is 0 Å². The molecule has 0 fully saturated rings. The van der Waals surface area contributed by atoms with Gasteiger partial charge in [-0.05, 0) is 42.8 Å². The highest BCUT2D eigenvalue weighted by atomic mass is 32.2. The number of carbonyl (C=O) groups excluding carboxylic acids is 2. The SMILES string of the molecule is CCCNC(=O)NC(=O)CSc1nnc(-c2ccncc2)n1-c1ccc(F)cc1. The third-order valence-electron chi connectivity index (χ3n) is 3.78. The monoisotopic (exact) mass is 414 g/mol. The second-order valence-corrected chi connectivity index (χ2v) is 6.89. The molecule has 0 aliphatic heterocycles. The number of aromatic nitrogens is 4. The van der Waals surface area contributed by atoms with Crippen molar-refractivity contribution < 1.29 is 14.0 Å². The van der Waals surface area contributed by atoms with Crippen molar-refractivity contribution in [3.05, 3.63) is 54.6 Å². The van der Waals surface area contributed by atoms with Crippen LogP contribution in [0.3, 0.4) is 0 Å². The first kappa shape index (κ1) is 20.5. The summed E-state index contributed by atoms with van der Waals surface area (Å²) in [5.41, 5.74) is 1.42. The van der Waals surface area contributed by atoms with Crippen LogP contribution < -0.4 is 10.6 Å². The van der Waals surface area contributed by atoms with Gasteiger partial charge in [-0.25, -0.2) is 9.18 Å². The fourth-order valence-electron chi connectivity index (χ4n) is 2.45. The molecule has 0 aliphatic rings. The third-order valence-corrected chi connectivity index (χ3v) is 4.71. The van der Waals surface area contributed by atoms with Gasteiger partial charge in [0.25, 0.3) is 0 Å². The van der Waals surface area contributed by atoms with E-state index in [9.17, 15) is 14.0 Å². The minimum absolute atomic E-state index is 0.0325. The Morgan fingerprint density at radius 2 is 1.83 bits per heavy atom. The highest BCUT2D eigenvalue weighted by Gasteiger charge is 2.18. The number of benzene rings is 1. The Labute approximate surface area is 170 Å². The van der Waals surface area contributed by atoms with Crippen molar-refractivity contribution in [2.75, 3.05) is 12.3 Å². The zero-order valence-corrected chi connectivity index (χ0v) is 16.4. The van der Waals surface area contributed by atoms with Gasteiger partial charge in [-0.3, -0.25) is 19.7 Å². The van der Waals surface area contributed by atoms with Gasteiger partial charge >= 0.3 is 6.03 Å². The minimum atomic E-state index is -0.532. The highest BCUT2D eigenvalue weighted by molar-refractivity contribution is 7.99. The molecule has 3 aromatic rings. The van der Waals surface area contributed by atoms with E-state index >= 15 is 0 Å². The highest BCUT2D eigenvalue weighted by Crippen LogP contribution is 2.27. The van der Waals surface area contributed by atoms with E-state index in [0.717, 1.165) is 23.7 Å². The second kappa shape index (κ2) is 9.78. The molecule has 10 heteroatoms. The van der Waals surface area contributed by atoms with Gasteiger partial charge in [0.2, 0.25) is 5.91 Å². The molecule has 8 nitrogen and oxygen atoms in total. The van der Waals surface area contributed by atoms with Gasteiger partial charge in [0.15, 0.2) is 11.0 Å². The number of imide groups is 1. The Morgan fingerprint density at radius 1 is 1.10 bits per heavy atom. The van der Waals surface area contributed by atoms with Gasteiger partial charge in [0, 0.05) is 30.2 Å². The van der Waals surface area contributed by atoms with Crippen molar-refractivity contribution in [1.82, 2.24) is 30.4 Å². The quantitative estimate of drug-likeness (QED) is 0.577. The van der Waals surface area contributed by atoms with Gasteiger partial charge in [-0.1, -0.05) is 18.7 Å². The number of halogens is 1. The lowest BCUT2D eigenvalue weighted by atomic mass is 10.2. The molecule has 1 aromatic carbocycles.